The molecule has 0 fully saturated rings. The first-order valence-corrected chi connectivity index (χ1v) is 12.1. The molecule has 0 radical (unpaired) electrons. The van der Waals surface area contributed by atoms with Gasteiger partial charge in [-0.3, -0.25) is 14.9 Å². The highest BCUT2D eigenvalue weighted by Gasteiger charge is 2.24. The number of furan rings is 1. The molecule has 0 saturated carbocycles. The van der Waals surface area contributed by atoms with Gasteiger partial charge in [-0.05, 0) is 58.3 Å². The maximum atomic E-state index is 12.8. The summed E-state index contributed by atoms with van der Waals surface area (Å²) in [5.41, 5.74) is 2.87. The van der Waals surface area contributed by atoms with Crippen molar-refractivity contribution in [2.24, 2.45) is 0 Å². The van der Waals surface area contributed by atoms with Gasteiger partial charge in [0.05, 0.1) is 22.9 Å². The minimum Gasteiger partial charge on any atom is -0.497 e. The maximum Gasteiger partial charge on any atom is 0.308 e. The Bertz CT molecular complexity index is 1470. The molecule has 0 bridgehead atoms. The predicted molar refractivity (Wildman–Crippen MR) is 135 cm³/mol. The minimum atomic E-state index is -0.448. The second-order valence-electron chi connectivity index (χ2n) is 7.38. The van der Waals surface area contributed by atoms with E-state index in [0.29, 0.717) is 33.0 Å². The van der Waals surface area contributed by atoms with Gasteiger partial charge in [0.25, 0.3) is 5.91 Å². The zero-order chi connectivity index (χ0) is 23.7. The zero-order valence-corrected chi connectivity index (χ0v) is 19.9. The fourth-order valence-electron chi connectivity index (χ4n) is 3.69. The Hall–Kier alpha value is -3.88. The monoisotopic (exact) mass is 489 g/mol. The van der Waals surface area contributed by atoms with Crippen molar-refractivity contribution >= 4 is 51.4 Å². The molecule has 0 aliphatic rings. The van der Waals surface area contributed by atoms with Crippen LogP contribution < -0.4 is 14.8 Å². The molecule has 8 heteroatoms. The van der Waals surface area contributed by atoms with Crippen LogP contribution in [0.4, 0.5) is 5.88 Å². The van der Waals surface area contributed by atoms with Crippen LogP contribution in [0.2, 0.25) is 0 Å². The largest absolute Gasteiger partial charge is 0.497 e. The van der Waals surface area contributed by atoms with E-state index in [-0.39, 0.29) is 5.91 Å². The molecule has 0 aliphatic carbocycles. The molecular formula is C26H19NO5S2. The number of carbonyl (C=O) groups excluding carboxylic acids is 2. The van der Waals surface area contributed by atoms with E-state index < -0.39 is 5.97 Å². The minimum absolute atomic E-state index is 0.267. The summed E-state index contributed by atoms with van der Waals surface area (Å²) in [5, 5.41) is 7.30. The third-order valence-corrected chi connectivity index (χ3v) is 6.93. The summed E-state index contributed by atoms with van der Waals surface area (Å²) in [6.45, 7) is 1.36. The van der Waals surface area contributed by atoms with Gasteiger partial charge in [-0.1, -0.05) is 24.3 Å². The Labute approximate surface area is 203 Å². The summed E-state index contributed by atoms with van der Waals surface area (Å²) in [5.74, 6) is 0.685. The number of fused-ring (bicyclic) bond motifs is 1. The van der Waals surface area contributed by atoms with Crippen molar-refractivity contribution in [1.82, 2.24) is 0 Å². The zero-order valence-electron chi connectivity index (χ0n) is 18.3. The predicted octanol–water partition coefficient (Wildman–Crippen LogP) is 7.08. The van der Waals surface area contributed by atoms with Gasteiger partial charge >= 0.3 is 5.97 Å². The number of nitrogens with one attached hydrogen (secondary N) is 1. The number of esters is 1. The van der Waals surface area contributed by atoms with Gasteiger partial charge in [-0.15, -0.1) is 22.7 Å². The molecule has 3 aromatic heterocycles. The van der Waals surface area contributed by atoms with Gasteiger partial charge < -0.3 is 13.9 Å². The average Bonchev–Trinajstić information content (AvgIpc) is 3.59. The molecule has 34 heavy (non-hydrogen) atoms. The first-order chi connectivity index (χ1) is 16.5. The van der Waals surface area contributed by atoms with Gasteiger partial charge in [-0.2, -0.15) is 0 Å². The number of hydrogen-bond acceptors (Lipinski definition) is 7. The smallest absolute Gasteiger partial charge is 0.308 e. The molecule has 5 aromatic rings. The van der Waals surface area contributed by atoms with Gasteiger partial charge in [-0.25, -0.2) is 0 Å². The van der Waals surface area contributed by atoms with E-state index in [1.807, 2.05) is 65.4 Å². The fraction of sp³-hybridized carbons (Fsp3) is 0.0769. The Balaban J connectivity index is 1.71. The van der Waals surface area contributed by atoms with E-state index in [0.717, 1.165) is 21.8 Å². The van der Waals surface area contributed by atoms with Crippen LogP contribution in [0.3, 0.4) is 0 Å². The Kier molecular flexibility index (Phi) is 5.91. The Morgan fingerprint density at radius 1 is 0.941 bits per heavy atom. The highest BCUT2D eigenvalue weighted by Crippen LogP contribution is 2.46. The van der Waals surface area contributed by atoms with Crippen LogP contribution in [0.1, 0.15) is 16.6 Å². The van der Waals surface area contributed by atoms with Crippen LogP contribution in [0.25, 0.3) is 32.5 Å². The van der Waals surface area contributed by atoms with Crippen LogP contribution in [0.5, 0.6) is 11.5 Å². The summed E-state index contributed by atoms with van der Waals surface area (Å²) in [4.78, 5) is 26.3. The molecular weight excluding hydrogens is 470 g/mol. The van der Waals surface area contributed by atoms with E-state index >= 15 is 0 Å². The van der Waals surface area contributed by atoms with Crippen molar-refractivity contribution in [2.45, 2.75) is 6.92 Å². The maximum absolute atomic E-state index is 12.8. The molecule has 0 atom stereocenters. The number of anilines is 1. The van der Waals surface area contributed by atoms with Gasteiger partial charge in [0, 0.05) is 11.8 Å². The number of benzene rings is 2. The van der Waals surface area contributed by atoms with Crippen LogP contribution in [-0.2, 0) is 4.79 Å². The standard InChI is InChI=1S/C26H19NO5S2/c1-15(28)31-19-13-17(16-7-9-18(30-2)10-8-16)14-20-23(19)24(21-5-3-11-33-21)26(32-20)27-25(29)22-6-4-12-34-22/h3-14H,1-2H3,(H,27,29). The van der Waals surface area contributed by atoms with Gasteiger partial charge in [0.1, 0.15) is 17.1 Å². The number of carbonyl (C=O) groups is 2. The van der Waals surface area contributed by atoms with Crippen LogP contribution >= 0.6 is 22.7 Å². The number of thiophene rings is 2. The van der Waals surface area contributed by atoms with Crippen molar-refractivity contribution in [3.8, 4) is 33.1 Å². The average molecular weight is 490 g/mol. The van der Waals surface area contributed by atoms with E-state index in [9.17, 15) is 9.59 Å². The molecule has 0 unspecified atom stereocenters. The SMILES string of the molecule is COc1ccc(-c2cc(OC(C)=O)c3c(-c4cccs4)c(NC(=O)c4cccs4)oc3c2)cc1. The molecule has 0 saturated heterocycles. The molecule has 1 N–H and O–H groups in total. The topological polar surface area (TPSA) is 77.8 Å². The molecule has 0 spiro atoms. The summed E-state index contributed by atoms with van der Waals surface area (Å²) < 4.78 is 17.1. The van der Waals surface area contributed by atoms with Crippen molar-refractivity contribution in [3.05, 3.63) is 76.3 Å². The van der Waals surface area contributed by atoms with Crippen molar-refractivity contribution in [3.63, 3.8) is 0 Å². The number of amides is 1. The van der Waals surface area contributed by atoms with E-state index in [2.05, 4.69) is 5.32 Å². The molecule has 1 amide bonds. The molecule has 6 nitrogen and oxygen atoms in total. The fourth-order valence-corrected chi connectivity index (χ4v) is 5.09. The lowest BCUT2D eigenvalue weighted by atomic mass is 10.0. The summed E-state index contributed by atoms with van der Waals surface area (Å²) in [6, 6.07) is 18.7. The Morgan fingerprint density at radius 3 is 2.35 bits per heavy atom. The van der Waals surface area contributed by atoms with Gasteiger partial charge in [0.15, 0.2) is 0 Å². The molecule has 170 valence electrons. The third kappa shape index (κ3) is 4.21. The van der Waals surface area contributed by atoms with Crippen molar-refractivity contribution in [2.75, 3.05) is 12.4 Å². The summed E-state index contributed by atoms with van der Waals surface area (Å²) in [7, 11) is 1.61. The lowest BCUT2D eigenvalue weighted by molar-refractivity contribution is -0.131. The van der Waals surface area contributed by atoms with E-state index in [1.54, 1.807) is 13.2 Å². The van der Waals surface area contributed by atoms with Gasteiger partial charge in [0.2, 0.25) is 5.88 Å². The number of hydrogen-bond donors (Lipinski definition) is 1. The van der Waals surface area contributed by atoms with Crippen LogP contribution in [-0.4, -0.2) is 19.0 Å². The lowest BCUT2D eigenvalue weighted by Gasteiger charge is -2.09. The van der Waals surface area contributed by atoms with Crippen LogP contribution in [0.15, 0.2) is 75.8 Å². The highest BCUT2D eigenvalue weighted by atomic mass is 32.1. The Morgan fingerprint density at radius 2 is 1.71 bits per heavy atom. The van der Waals surface area contributed by atoms with E-state index in [4.69, 9.17) is 13.9 Å². The normalized spacial score (nSPS) is 10.9. The highest BCUT2D eigenvalue weighted by molar-refractivity contribution is 7.13. The second kappa shape index (κ2) is 9.17. The quantitative estimate of drug-likeness (QED) is 0.204. The number of rotatable bonds is 6. The molecule has 0 aliphatic heterocycles. The molecule has 5 rings (SSSR count). The summed E-state index contributed by atoms with van der Waals surface area (Å²) in [6.07, 6.45) is 0. The molecule has 3 heterocycles. The lowest BCUT2D eigenvalue weighted by Crippen LogP contribution is -2.10. The third-order valence-electron chi connectivity index (χ3n) is 5.17. The first-order valence-electron chi connectivity index (χ1n) is 10.4. The number of methoxy groups -OCH3 is 1. The first kappa shape index (κ1) is 21.9. The van der Waals surface area contributed by atoms with Crippen molar-refractivity contribution in [1.29, 1.82) is 0 Å². The summed E-state index contributed by atoms with van der Waals surface area (Å²) >= 11 is 2.85. The second-order valence-corrected chi connectivity index (χ2v) is 9.28. The van der Waals surface area contributed by atoms with Crippen molar-refractivity contribution < 1.29 is 23.5 Å². The van der Waals surface area contributed by atoms with E-state index in [1.165, 1.54) is 29.6 Å². The number of ether oxygens (including phenoxy) is 2. The molecule has 2 aromatic carbocycles. The van der Waals surface area contributed by atoms with Crippen LogP contribution in [0, 0.1) is 0 Å².